The van der Waals surface area contributed by atoms with Crippen molar-refractivity contribution in [1.82, 2.24) is 0 Å². The number of ether oxygens (including phenoxy) is 3. The van der Waals surface area contributed by atoms with Crippen molar-refractivity contribution in [2.24, 2.45) is 11.7 Å². The fourth-order valence-corrected chi connectivity index (χ4v) is 1.97. The Bertz CT molecular complexity index is 706. The van der Waals surface area contributed by atoms with Gasteiger partial charge in [-0.1, -0.05) is 30.3 Å². The molecule has 1 amide bonds. The minimum absolute atomic E-state index is 0. The van der Waals surface area contributed by atoms with Crippen LogP contribution in [0.3, 0.4) is 0 Å². The summed E-state index contributed by atoms with van der Waals surface area (Å²) in [7, 11) is 0. The van der Waals surface area contributed by atoms with Crippen LogP contribution >= 0.6 is 0 Å². The lowest BCUT2D eigenvalue weighted by Gasteiger charge is -2.28. The Morgan fingerprint density at radius 3 is 2.12 bits per heavy atom. The molecule has 6 heteroatoms. The number of esters is 1. The zero-order valence-corrected chi connectivity index (χ0v) is 14.2. The lowest BCUT2D eigenvalue weighted by atomic mass is 10.0. The lowest BCUT2D eigenvalue weighted by Crippen LogP contribution is -2.40. The Hall–Kier alpha value is -3.02. The van der Waals surface area contributed by atoms with Crippen LogP contribution in [0.1, 0.15) is 20.8 Å². The molecule has 0 bridgehead atoms. The van der Waals surface area contributed by atoms with Gasteiger partial charge in [0.05, 0.1) is 5.92 Å². The molecule has 2 aromatic carbocycles. The van der Waals surface area contributed by atoms with Crippen molar-refractivity contribution < 1.29 is 25.2 Å². The molecule has 1 heterocycles. The first-order chi connectivity index (χ1) is 12.0. The summed E-state index contributed by atoms with van der Waals surface area (Å²) in [6.07, 6.45) is -0.666. The van der Waals surface area contributed by atoms with Crippen molar-refractivity contribution in [3.63, 3.8) is 0 Å². The van der Waals surface area contributed by atoms with Gasteiger partial charge >= 0.3 is 12.1 Å². The highest BCUT2D eigenvalue weighted by molar-refractivity contribution is 5.77. The Morgan fingerprint density at radius 2 is 1.68 bits per heavy atom. The largest absolute Gasteiger partial charge is 0.489 e. The second-order valence-corrected chi connectivity index (χ2v) is 5.60. The van der Waals surface area contributed by atoms with Crippen molar-refractivity contribution in [1.29, 1.82) is 0 Å². The number of carbonyl (C=O) groups excluding carboxylic acids is 2. The smallest absolute Gasteiger partial charge is 0.409 e. The lowest BCUT2D eigenvalue weighted by molar-refractivity contribution is -0.179. The predicted octanol–water partition coefficient (Wildman–Crippen LogP) is 3.54. The maximum atomic E-state index is 10.5. The Morgan fingerprint density at radius 1 is 1.08 bits per heavy atom. The topological polar surface area (TPSA) is 87.9 Å². The number of carbonyl (C=O) groups is 2. The molecule has 3 rings (SSSR count). The quantitative estimate of drug-likeness (QED) is 0.856. The summed E-state index contributed by atoms with van der Waals surface area (Å²) in [5.74, 6) is 1.18. The predicted molar refractivity (Wildman–Crippen MR) is 94.3 cm³/mol. The molecule has 1 unspecified atom stereocenters. The van der Waals surface area contributed by atoms with Gasteiger partial charge in [0.25, 0.3) is 0 Å². The molecule has 1 aliphatic rings. The molecule has 25 heavy (non-hydrogen) atoms. The number of primary amides is 1. The molecule has 1 saturated heterocycles. The van der Waals surface area contributed by atoms with Gasteiger partial charge in [-0.05, 0) is 43.7 Å². The molecular formula is C19H23NO5. The van der Waals surface area contributed by atoms with E-state index in [4.69, 9.17) is 15.2 Å². The van der Waals surface area contributed by atoms with Crippen molar-refractivity contribution in [2.75, 3.05) is 0 Å². The molecule has 0 aliphatic carbocycles. The van der Waals surface area contributed by atoms with E-state index in [0.29, 0.717) is 18.1 Å². The van der Waals surface area contributed by atoms with E-state index in [0.717, 1.165) is 5.56 Å². The summed E-state index contributed by atoms with van der Waals surface area (Å²) in [6.45, 7) is 4.26. The van der Waals surface area contributed by atoms with Crippen LogP contribution in [-0.2, 0) is 16.1 Å². The second-order valence-electron chi connectivity index (χ2n) is 5.60. The number of amides is 1. The first-order valence-corrected chi connectivity index (χ1v) is 7.90. The number of rotatable bonds is 4. The van der Waals surface area contributed by atoms with E-state index in [2.05, 4.69) is 4.74 Å². The van der Waals surface area contributed by atoms with Crippen LogP contribution in [-0.4, -0.2) is 18.2 Å². The molecule has 2 atom stereocenters. The summed E-state index contributed by atoms with van der Waals surface area (Å²) < 4.78 is 14.9. The fourth-order valence-electron chi connectivity index (χ4n) is 1.97. The van der Waals surface area contributed by atoms with Gasteiger partial charge in [0.1, 0.15) is 24.2 Å². The number of hydrogen-bond donors (Lipinski definition) is 1. The number of nitrogens with two attached hydrogens (primary N) is 1. The van der Waals surface area contributed by atoms with Crippen molar-refractivity contribution >= 4 is 12.1 Å². The normalized spacial score (nSPS) is 18.1. The molecule has 0 saturated carbocycles. The van der Waals surface area contributed by atoms with Gasteiger partial charge in [0, 0.05) is 1.43 Å². The Balaban J connectivity index is 0.000000357. The third-order valence-corrected chi connectivity index (χ3v) is 3.67. The van der Waals surface area contributed by atoms with Gasteiger partial charge in [-0.3, -0.25) is 4.79 Å². The van der Waals surface area contributed by atoms with Crippen molar-refractivity contribution in [2.45, 2.75) is 26.6 Å². The van der Waals surface area contributed by atoms with Crippen LogP contribution in [0, 0.1) is 5.92 Å². The van der Waals surface area contributed by atoms with Crippen LogP contribution in [0.4, 0.5) is 4.79 Å². The summed E-state index contributed by atoms with van der Waals surface area (Å²) >= 11 is 0. The fraction of sp³-hybridized carbons (Fsp3) is 0.263. The van der Waals surface area contributed by atoms with E-state index in [1.165, 1.54) is 0 Å². The summed E-state index contributed by atoms with van der Waals surface area (Å²) in [6, 6.07) is 16.6. The Kier molecular flexibility index (Phi) is 6.39. The molecule has 1 fully saturated rings. The number of benzene rings is 2. The molecule has 0 radical (unpaired) electrons. The minimum Gasteiger partial charge on any atom is -0.489 e. The van der Waals surface area contributed by atoms with Gasteiger partial charge in [-0.25, -0.2) is 4.79 Å². The summed E-state index contributed by atoms with van der Waals surface area (Å²) in [5, 5.41) is 0. The SMILES string of the molecule is CC1C(=O)O[C@H]1C.NC(=O)Oc1ccc(OCc2ccccc2)cc1.[HH]. The molecule has 2 N–H and O–H groups in total. The van der Waals surface area contributed by atoms with Gasteiger partial charge < -0.3 is 19.9 Å². The van der Waals surface area contributed by atoms with Crippen LogP contribution in [0.2, 0.25) is 0 Å². The van der Waals surface area contributed by atoms with E-state index < -0.39 is 6.09 Å². The zero-order chi connectivity index (χ0) is 18.2. The molecule has 0 aromatic heterocycles. The number of hydrogen-bond acceptors (Lipinski definition) is 5. The van der Waals surface area contributed by atoms with Gasteiger partial charge in [0.15, 0.2) is 0 Å². The highest BCUT2D eigenvalue weighted by Gasteiger charge is 2.34. The highest BCUT2D eigenvalue weighted by Crippen LogP contribution is 2.20. The van der Waals surface area contributed by atoms with Gasteiger partial charge in [0.2, 0.25) is 0 Å². The maximum Gasteiger partial charge on any atom is 0.409 e. The van der Waals surface area contributed by atoms with Crippen LogP contribution in [0.15, 0.2) is 54.6 Å². The third-order valence-electron chi connectivity index (χ3n) is 3.67. The van der Waals surface area contributed by atoms with Crippen molar-refractivity contribution in [3.8, 4) is 11.5 Å². The average molecular weight is 345 g/mol. The standard InChI is InChI=1S/C14H13NO3.C5H8O2.H2/c15-14(16)18-13-8-6-12(7-9-13)17-10-11-4-2-1-3-5-11;1-3-4(2)7-5(3)6;/h1-9H,10H2,(H2,15,16);3-4H,1-2H3;1H/t;3?,4-;/m.0./s1. The first kappa shape index (κ1) is 18.3. The van der Waals surface area contributed by atoms with E-state index >= 15 is 0 Å². The van der Waals surface area contributed by atoms with Crippen LogP contribution < -0.4 is 15.2 Å². The molecule has 1 aliphatic heterocycles. The molecular weight excluding hydrogens is 322 g/mol. The monoisotopic (exact) mass is 345 g/mol. The second kappa shape index (κ2) is 8.73. The molecule has 2 aromatic rings. The van der Waals surface area contributed by atoms with E-state index in [1.807, 2.05) is 44.2 Å². The zero-order valence-electron chi connectivity index (χ0n) is 14.2. The minimum atomic E-state index is -0.826. The number of cyclic esters (lactones) is 1. The van der Waals surface area contributed by atoms with Crippen LogP contribution in [0.5, 0.6) is 11.5 Å². The third kappa shape index (κ3) is 5.84. The van der Waals surface area contributed by atoms with E-state index in [9.17, 15) is 9.59 Å². The summed E-state index contributed by atoms with van der Waals surface area (Å²) in [5.41, 5.74) is 6.00. The maximum absolute atomic E-state index is 10.5. The highest BCUT2D eigenvalue weighted by atomic mass is 16.6. The average Bonchev–Trinajstić information content (AvgIpc) is 2.62. The first-order valence-electron chi connectivity index (χ1n) is 7.90. The van der Waals surface area contributed by atoms with Crippen molar-refractivity contribution in [3.05, 3.63) is 60.2 Å². The molecule has 0 spiro atoms. The molecule has 6 nitrogen and oxygen atoms in total. The van der Waals surface area contributed by atoms with E-state index in [1.54, 1.807) is 24.3 Å². The van der Waals surface area contributed by atoms with Gasteiger partial charge in [-0.2, -0.15) is 0 Å². The van der Waals surface area contributed by atoms with Crippen LogP contribution in [0.25, 0.3) is 0 Å². The summed E-state index contributed by atoms with van der Waals surface area (Å²) in [4.78, 5) is 20.8. The van der Waals surface area contributed by atoms with E-state index in [-0.39, 0.29) is 19.4 Å². The van der Waals surface area contributed by atoms with Gasteiger partial charge in [-0.15, -0.1) is 0 Å². The molecule has 134 valence electrons. The Labute approximate surface area is 148 Å².